The number of hydrogen-bond acceptors (Lipinski definition) is 2. The van der Waals surface area contributed by atoms with Gasteiger partial charge in [-0.25, -0.2) is 0 Å². The molecule has 2 nitrogen and oxygen atoms in total. The van der Waals surface area contributed by atoms with Crippen molar-refractivity contribution >= 4 is 11.6 Å². The van der Waals surface area contributed by atoms with Crippen molar-refractivity contribution in [2.24, 2.45) is 17.3 Å². The first-order valence-electron chi connectivity index (χ1n) is 4.91. The van der Waals surface area contributed by atoms with E-state index in [1.165, 1.54) is 0 Å². The van der Waals surface area contributed by atoms with Gasteiger partial charge < -0.3 is 0 Å². The number of carbonyl (C=O) groups excluding carboxylic acids is 2. The molecule has 0 aliphatic heterocycles. The van der Waals surface area contributed by atoms with Crippen LogP contribution in [0.2, 0.25) is 0 Å². The van der Waals surface area contributed by atoms with E-state index in [1.54, 1.807) is 6.92 Å². The molecule has 84 valence electrons. The van der Waals surface area contributed by atoms with Crippen LogP contribution in [0.25, 0.3) is 0 Å². The highest BCUT2D eigenvalue weighted by Gasteiger charge is 2.61. The van der Waals surface area contributed by atoms with Gasteiger partial charge in [-0.15, -0.1) is 0 Å². The van der Waals surface area contributed by atoms with E-state index in [9.17, 15) is 22.8 Å². The second kappa shape index (κ2) is 2.83. The van der Waals surface area contributed by atoms with Crippen LogP contribution in [0.5, 0.6) is 0 Å². The predicted octanol–water partition coefficient (Wildman–Crippen LogP) is 2.12. The number of hydrogen-bond donors (Lipinski definition) is 0. The van der Waals surface area contributed by atoms with Crippen LogP contribution < -0.4 is 0 Å². The number of ketones is 2. The van der Waals surface area contributed by atoms with Gasteiger partial charge in [0, 0.05) is 5.41 Å². The summed E-state index contributed by atoms with van der Waals surface area (Å²) < 4.78 is 36.7. The number of halogens is 3. The lowest BCUT2D eigenvalue weighted by Gasteiger charge is -2.24. The Labute approximate surface area is 84.8 Å². The molecule has 15 heavy (non-hydrogen) atoms. The van der Waals surface area contributed by atoms with Gasteiger partial charge in [-0.3, -0.25) is 9.59 Å². The van der Waals surface area contributed by atoms with Gasteiger partial charge in [0.2, 0.25) is 5.78 Å². The van der Waals surface area contributed by atoms with Crippen LogP contribution >= 0.6 is 0 Å². The van der Waals surface area contributed by atoms with E-state index >= 15 is 0 Å². The molecule has 0 heterocycles. The average molecular weight is 220 g/mol. The summed E-state index contributed by atoms with van der Waals surface area (Å²) in [7, 11) is 0. The Morgan fingerprint density at radius 2 is 2.07 bits per heavy atom. The summed E-state index contributed by atoms with van der Waals surface area (Å²) in [5.41, 5.74) is -0.670. The Balaban J connectivity index is 2.27. The van der Waals surface area contributed by atoms with E-state index in [0.717, 1.165) is 0 Å². The second-order valence-corrected chi connectivity index (χ2v) is 4.77. The van der Waals surface area contributed by atoms with E-state index in [0.29, 0.717) is 19.3 Å². The number of alkyl halides is 3. The molecule has 0 aromatic heterocycles. The van der Waals surface area contributed by atoms with Gasteiger partial charge >= 0.3 is 6.18 Å². The average Bonchev–Trinajstić information content (AvgIpc) is 2.56. The van der Waals surface area contributed by atoms with E-state index in [2.05, 4.69) is 0 Å². The summed E-state index contributed by atoms with van der Waals surface area (Å²) in [4.78, 5) is 22.7. The molecule has 0 radical (unpaired) electrons. The van der Waals surface area contributed by atoms with Crippen LogP contribution in [0.15, 0.2) is 0 Å². The minimum Gasteiger partial charge on any atom is -0.298 e. The molecular formula is C10H11F3O2. The zero-order valence-corrected chi connectivity index (χ0v) is 8.23. The maximum absolute atomic E-state index is 12.2. The second-order valence-electron chi connectivity index (χ2n) is 4.77. The van der Waals surface area contributed by atoms with Gasteiger partial charge in [-0.2, -0.15) is 13.2 Å². The molecule has 0 spiro atoms. The van der Waals surface area contributed by atoms with Crippen LogP contribution in [0.4, 0.5) is 13.2 Å². The molecule has 0 amide bonds. The summed E-state index contributed by atoms with van der Waals surface area (Å²) in [5, 5.41) is 0. The Bertz CT molecular complexity index is 334. The van der Waals surface area contributed by atoms with Gasteiger partial charge in [0.05, 0.1) is 5.92 Å². The zero-order valence-electron chi connectivity index (χ0n) is 8.23. The molecule has 0 aromatic carbocycles. The molecule has 2 fully saturated rings. The topological polar surface area (TPSA) is 34.1 Å². The minimum absolute atomic E-state index is 0.378. The fourth-order valence-electron chi connectivity index (χ4n) is 2.89. The number of fused-ring (bicyclic) bond motifs is 2. The molecule has 3 unspecified atom stereocenters. The largest absolute Gasteiger partial charge is 0.450 e. The molecule has 5 heteroatoms. The first-order valence-corrected chi connectivity index (χ1v) is 4.91. The highest BCUT2D eigenvalue weighted by molar-refractivity contribution is 6.09. The monoisotopic (exact) mass is 220 g/mol. The first-order chi connectivity index (χ1) is 6.76. The third-order valence-corrected chi connectivity index (χ3v) is 3.69. The first kappa shape index (κ1) is 10.6. The maximum Gasteiger partial charge on any atom is 0.450 e. The SMILES string of the molecule is CC12CCC(C1)C(C(=O)C(F)(F)F)C2=O. The van der Waals surface area contributed by atoms with E-state index in [-0.39, 0.29) is 5.92 Å². The summed E-state index contributed by atoms with van der Waals surface area (Å²) in [6, 6.07) is 0. The molecule has 2 saturated carbocycles. The van der Waals surface area contributed by atoms with Gasteiger partial charge in [-0.1, -0.05) is 6.92 Å². The Morgan fingerprint density at radius 1 is 1.47 bits per heavy atom. The minimum atomic E-state index is -4.87. The normalized spacial score (nSPS) is 39.9. The third-order valence-electron chi connectivity index (χ3n) is 3.69. The van der Waals surface area contributed by atoms with Gasteiger partial charge in [-0.05, 0) is 25.2 Å². The third kappa shape index (κ3) is 1.40. The fourth-order valence-corrected chi connectivity index (χ4v) is 2.89. The van der Waals surface area contributed by atoms with Crippen molar-refractivity contribution in [1.29, 1.82) is 0 Å². The lowest BCUT2D eigenvalue weighted by Crippen LogP contribution is -2.40. The maximum atomic E-state index is 12.2. The van der Waals surface area contributed by atoms with Gasteiger partial charge in [0.15, 0.2) is 0 Å². The van der Waals surface area contributed by atoms with Crippen molar-refractivity contribution in [3.05, 3.63) is 0 Å². The van der Waals surface area contributed by atoms with E-state index < -0.39 is 29.1 Å². The molecule has 0 saturated heterocycles. The summed E-state index contributed by atoms with van der Waals surface area (Å²) in [6.07, 6.45) is -3.24. The Morgan fingerprint density at radius 3 is 2.47 bits per heavy atom. The Kier molecular flexibility index (Phi) is 2.01. The molecule has 3 atom stereocenters. The molecule has 2 bridgehead atoms. The molecule has 2 aliphatic rings. The quantitative estimate of drug-likeness (QED) is 0.634. The zero-order chi connectivity index (χ0) is 11.4. The smallest absolute Gasteiger partial charge is 0.298 e. The van der Waals surface area contributed by atoms with Crippen molar-refractivity contribution in [3.63, 3.8) is 0 Å². The van der Waals surface area contributed by atoms with Crippen LogP contribution in [-0.2, 0) is 9.59 Å². The van der Waals surface area contributed by atoms with Crippen molar-refractivity contribution in [1.82, 2.24) is 0 Å². The van der Waals surface area contributed by atoms with Crippen LogP contribution in [0.1, 0.15) is 26.2 Å². The molecule has 0 N–H and O–H groups in total. The Hall–Kier alpha value is -0.870. The lowest BCUT2D eigenvalue weighted by molar-refractivity contribution is -0.178. The number of rotatable bonds is 1. The number of carbonyl (C=O) groups is 2. The van der Waals surface area contributed by atoms with E-state index in [1.807, 2.05) is 0 Å². The van der Waals surface area contributed by atoms with Gasteiger partial charge in [0.25, 0.3) is 0 Å². The van der Waals surface area contributed by atoms with Crippen molar-refractivity contribution in [2.75, 3.05) is 0 Å². The van der Waals surface area contributed by atoms with Crippen molar-refractivity contribution in [3.8, 4) is 0 Å². The molecule has 2 aliphatic carbocycles. The summed E-state index contributed by atoms with van der Waals surface area (Å²) in [5.74, 6) is -4.14. The van der Waals surface area contributed by atoms with Crippen LogP contribution in [-0.4, -0.2) is 17.7 Å². The highest BCUT2D eigenvalue weighted by atomic mass is 19.4. The number of Topliss-reactive ketones (excluding diaryl/α,β-unsaturated/α-hetero) is 2. The van der Waals surface area contributed by atoms with Crippen molar-refractivity contribution < 1.29 is 22.8 Å². The predicted molar refractivity (Wildman–Crippen MR) is 45.0 cm³/mol. The summed E-state index contributed by atoms with van der Waals surface area (Å²) in [6.45, 7) is 1.67. The summed E-state index contributed by atoms with van der Waals surface area (Å²) >= 11 is 0. The lowest BCUT2D eigenvalue weighted by atomic mass is 9.78. The highest BCUT2D eigenvalue weighted by Crippen LogP contribution is 2.55. The molecule has 0 aromatic rings. The standard InChI is InChI=1S/C10H11F3O2/c1-9-3-2-5(4-9)6(7(9)14)8(15)10(11,12)13/h5-6H,2-4H2,1H3. The molecular weight excluding hydrogens is 209 g/mol. The fraction of sp³-hybridized carbons (Fsp3) is 0.800. The van der Waals surface area contributed by atoms with Crippen LogP contribution in [0.3, 0.4) is 0 Å². The van der Waals surface area contributed by atoms with Crippen molar-refractivity contribution in [2.45, 2.75) is 32.4 Å². The van der Waals surface area contributed by atoms with Gasteiger partial charge in [0.1, 0.15) is 5.78 Å². The molecule has 2 rings (SSSR count). The van der Waals surface area contributed by atoms with E-state index in [4.69, 9.17) is 0 Å². The van der Waals surface area contributed by atoms with Crippen LogP contribution in [0, 0.1) is 17.3 Å².